The van der Waals surface area contributed by atoms with Crippen LogP contribution in [0.5, 0.6) is 5.75 Å². The van der Waals surface area contributed by atoms with Crippen molar-refractivity contribution in [3.8, 4) is 5.75 Å². The van der Waals surface area contributed by atoms with Crippen LogP contribution in [0.3, 0.4) is 0 Å². The zero-order valence-corrected chi connectivity index (χ0v) is 22.2. The van der Waals surface area contributed by atoms with Gasteiger partial charge in [0.05, 0.1) is 9.38 Å². The summed E-state index contributed by atoms with van der Waals surface area (Å²) in [6.07, 6.45) is 1.74. The van der Waals surface area contributed by atoms with Crippen molar-refractivity contribution in [2.24, 2.45) is 4.99 Å². The average Bonchev–Trinajstić information content (AvgIpc) is 3.13. The molecule has 33 heavy (non-hydrogen) atoms. The van der Waals surface area contributed by atoms with E-state index in [0.717, 1.165) is 27.4 Å². The first-order chi connectivity index (χ1) is 15.9. The number of aliphatic imine (C=N–C) groups is 1. The molecular formula is C24H15BrClIN2O3S. The Kier molecular flexibility index (Phi) is 7.90. The molecule has 0 bridgehead atoms. The lowest BCUT2D eigenvalue weighted by Gasteiger charge is -2.09. The maximum atomic E-state index is 12.3. The van der Waals surface area contributed by atoms with Crippen LogP contribution in [-0.2, 0) is 11.4 Å². The van der Waals surface area contributed by atoms with Crippen molar-refractivity contribution >= 4 is 84.9 Å². The second kappa shape index (κ2) is 10.9. The van der Waals surface area contributed by atoms with Crippen LogP contribution in [0.15, 0.2) is 81.1 Å². The second-order valence-electron chi connectivity index (χ2n) is 6.90. The highest BCUT2D eigenvalue weighted by molar-refractivity contribution is 14.1. The predicted octanol–water partition coefficient (Wildman–Crippen LogP) is 6.69. The monoisotopic (exact) mass is 652 g/mol. The first-order valence-corrected chi connectivity index (χ1v) is 12.7. The highest BCUT2D eigenvalue weighted by Crippen LogP contribution is 2.31. The number of hydrogen-bond acceptors (Lipinski definition) is 4. The van der Waals surface area contributed by atoms with Crippen molar-refractivity contribution in [1.29, 1.82) is 0 Å². The molecule has 0 unspecified atom stereocenters. The summed E-state index contributed by atoms with van der Waals surface area (Å²) in [4.78, 5) is 29.1. The largest absolute Gasteiger partial charge is 0.488 e. The Balaban J connectivity index is 1.43. The van der Waals surface area contributed by atoms with E-state index in [1.54, 1.807) is 30.3 Å². The van der Waals surface area contributed by atoms with Crippen LogP contribution < -0.4 is 10.1 Å². The Hall–Kier alpha value is -2.14. The molecule has 2 amide bonds. The molecule has 0 radical (unpaired) electrons. The smallest absolute Gasteiger partial charge is 0.279 e. The summed E-state index contributed by atoms with van der Waals surface area (Å²) in [7, 11) is 0. The molecule has 0 saturated carbocycles. The number of amides is 2. The van der Waals surface area contributed by atoms with E-state index in [4.69, 9.17) is 16.3 Å². The van der Waals surface area contributed by atoms with Crippen molar-refractivity contribution in [1.82, 2.24) is 5.32 Å². The molecule has 1 saturated heterocycles. The number of carbonyl (C=O) groups is 2. The lowest BCUT2D eigenvalue weighted by Crippen LogP contribution is -2.20. The highest BCUT2D eigenvalue weighted by atomic mass is 127. The van der Waals surface area contributed by atoms with Gasteiger partial charge in [0.2, 0.25) is 0 Å². The van der Waals surface area contributed by atoms with Gasteiger partial charge in [-0.1, -0.05) is 29.8 Å². The van der Waals surface area contributed by atoms with Crippen LogP contribution in [0.4, 0.5) is 0 Å². The SMILES string of the molecule is O=C1NC(=NC(=O)c2ccc(Cl)cc2)S/C1=C\c1ccc(OCc2ccc(I)cc2)c(Br)c1. The molecule has 3 aromatic rings. The van der Waals surface area contributed by atoms with E-state index >= 15 is 0 Å². The summed E-state index contributed by atoms with van der Waals surface area (Å²) in [5.74, 6) is -0.0547. The van der Waals surface area contributed by atoms with Crippen LogP contribution in [-0.4, -0.2) is 17.0 Å². The van der Waals surface area contributed by atoms with Gasteiger partial charge in [-0.25, -0.2) is 0 Å². The molecule has 0 atom stereocenters. The topological polar surface area (TPSA) is 67.8 Å². The number of ether oxygens (including phenoxy) is 1. The van der Waals surface area contributed by atoms with Gasteiger partial charge >= 0.3 is 0 Å². The van der Waals surface area contributed by atoms with E-state index < -0.39 is 5.91 Å². The minimum absolute atomic E-state index is 0.239. The third kappa shape index (κ3) is 6.47. The Morgan fingerprint density at radius 3 is 2.55 bits per heavy atom. The van der Waals surface area contributed by atoms with Crippen LogP contribution >= 0.6 is 61.9 Å². The van der Waals surface area contributed by atoms with E-state index in [2.05, 4.69) is 48.8 Å². The molecule has 9 heteroatoms. The van der Waals surface area contributed by atoms with Gasteiger partial charge in [0, 0.05) is 14.2 Å². The van der Waals surface area contributed by atoms with E-state index in [-0.39, 0.29) is 11.1 Å². The number of rotatable bonds is 5. The molecule has 0 spiro atoms. The third-order valence-corrected chi connectivity index (χ3v) is 7.01. The number of thioether (sulfide) groups is 1. The summed E-state index contributed by atoms with van der Waals surface area (Å²) in [6.45, 7) is 0.454. The summed E-state index contributed by atoms with van der Waals surface area (Å²) in [5.41, 5.74) is 2.28. The fourth-order valence-electron chi connectivity index (χ4n) is 2.85. The van der Waals surface area contributed by atoms with Gasteiger partial charge in [0.25, 0.3) is 11.8 Å². The number of nitrogens with zero attached hydrogens (tertiary/aromatic N) is 1. The fourth-order valence-corrected chi connectivity index (χ4v) is 4.66. The van der Waals surface area contributed by atoms with Gasteiger partial charge in [0.1, 0.15) is 12.4 Å². The predicted molar refractivity (Wildman–Crippen MR) is 145 cm³/mol. The Labute approximate surface area is 221 Å². The normalized spacial score (nSPS) is 15.7. The number of amidine groups is 1. The Bertz CT molecular complexity index is 1280. The summed E-state index contributed by atoms with van der Waals surface area (Å²) < 4.78 is 7.85. The quantitative estimate of drug-likeness (QED) is 0.246. The molecule has 166 valence electrons. The Morgan fingerprint density at radius 2 is 1.85 bits per heavy atom. The van der Waals surface area contributed by atoms with E-state index in [9.17, 15) is 9.59 Å². The first kappa shape index (κ1) is 24.0. The average molecular weight is 654 g/mol. The molecule has 5 nitrogen and oxygen atoms in total. The van der Waals surface area contributed by atoms with Crippen molar-refractivity contribution in [2.45, 2.75) is 6.61 Å². The molecular weight excluding hydrogens is 639 g/mol. The Morgan fingerprint density at radius 1 is 1.12 bits per heavy atom. The van der Waals surface area contributed by atoms with Gasteiger partial charge in [-0.3, -0.25) is 9.59 Å². The highest BCUT2D eigenvalue weighted by Gasteiger charge is 2.25. The van der Waals surface area contributed by atoms with Crippen LogP contribution in [0, 0.1) is 3.57 Å². The van der Waals surface area contributed by atoms with Crippen LogP contribution in [0.2, 0.25) is 5.02 Å². The van der Waals surface area contributed by atoms with Gasteiger partial charge in [-0.15, -0.1) is 0 Å². The molecule has 0 aliphatic carbocycles. The lowest BCUT2D eigenvalue weighted by molar-refractivity contribution is -0.115. The molecule has 1 N–H and O–H groups in total. The zero-order chi connectivity index (χ0) is 23.4. The van der Waals surface area contributed by atoms with Gasteiger partial charge in [-0.05, 0) is 116 Å². The number of hydrogen-bond donors (Lipinski definition) is 1. The summed E-state index contributed by atoms with van der Waals surface area (Å²) in [5, 5.41) is 3.40. The van der Waals surface area contributed by atoms with Crippen molar-refractivity contribution in [3.05, 3.63) is 101 Å². The standard InChI is InChI=1S/C24H15BrClIN2O3S/c25-19-11-15(3-10-20(19)32-13-14-1-8-18(27)9-2-14)12-21-23(31)29-24(33-21)28-22(30)16-4-6-17(26)7-5-16/h1-12H,13H2,(H,28,29,30,31)/b21-12-. The van der Waals surface area contributed by atoms with Crippen molar-refractivity contribution in [2.75, 3.05) is 0 Å². The molecule has 3 aromatic carbocycles. The lowest BCUT2D eigenvalue weighted by atomic mass is 10.2. The number of benzene rings is 3. The molecule has 1 fully saturated rings. The van der Waals surface area contributed by atoms with Crippen molar-refractivity contribution in [3.63, 3.8) is 0 Å². The van der Waals surface area contributed by atoms with E-state index in [0.29, 0.717) is 27.8 Å². The van der Waals surface area contributed by atoms with Gasteiger partial charge < -0.3 is 10.1 Å². The number of carbonyl (C=O) groups excluding carboxylic acids is 2. The zero-order valence-electron chi connectivity index (χ0n) is 16.8. The molecule has 1 heterocycles. The molecule has 1 aliphatic rings. The maximum Gasteiger partial charge on any atom is 0.279 e. The second-order valence-corrected chi connectivity index (χ2v) is 10.5. The van der Waals surface area contributed by atoms with Crippen LogP contribution in [0.1, 0.15) is 21.5 Å². The minimum atomic E-state index is -0.451. The number of halogens is 3. The van der Waals surface area contributed by atoms with Gasteiger partial charge in [0.15, 0.2) is 5.17 Å². The summed E-state index contributed by atoms with van der Waals surface area (Å²) >= 11 is 12.8. The molecule has 1 aliphatic heterocycles. The maximum absolute atomic E-state index is 12.3. The van der Waals surface area contributed by atoms with Crippen molar-refractivity contribution < 1.29 is 14.3 Å². The van der Waals surface area contributed by atoms with Gasteiger partial charge in [-0.2, -0.15) is 4.99 Å². The molecule has 4 rings (SSSR count). The molecule has 0 aromatic heterocycles. The summed E-state index contributed by atoms with van der Waals surface area (Å²) in [6, 6.07) is 20.1. The fraction of sp³-hybridized carbons (Fsp3) is 0.0417. The van der Waals surface area contributed by atoms with E-state index in [1.807, 2.05) is 42.5 Å². The van der Waals surface area contributed by atoms with E-state index in [1.165, 1.54) is 3.57 Å². The minimum Gasteiger partial charge on any atom is -0.488 e. The number of nitrogens with one attached hydrogen (secondary N) is 1. The van der Waals surface area contributed by atoms with Crippen LogP contribution in [0.25, 0.3) is 6.08 Å². The first-order valence-electron chi connectivity index (χ1n) is 9.64. The third-order valence-electron chi connectivity index (χ3n) is 4.51.